The molecule has 1 aliphatic rings. The molecule has 0 unspecified atom stereocenters. The van der Waals surface area contributed by atoms with Gasteiger partial charge < -0.3 is 9.13 Å². The maximum absolute atomic E-state index is 2.46. The summed E-state index contributed by atoms with van der Waals surface area (Å²) in [5.74, 6) is 0. The molecule has 0 radical (unpaired) electrons. The standard InChI is InChI=1S/C42H28N2S/c1-2-10-29(11-3-1)43-38-16-8-5-13-32(38)35-24-27(19-22-39(35)43)28-18-21-33-31-12-4-7-15-37(31)44(40(33)25-28)30-20-23-42-36(26-30)34-14-6-9-17-41(34)45-42/h1-4,6-12,14-26H,5,13H2. The number of allylic oxidation sites excluding steroid dienone is 1. The maximum atomic E-state index is 2.46. The molecule has 1 aliphatic carbocycles. The summed E-state index contributed by atoms with van der Waals surface area (Å²) in [5.41, 5.74) is 11.4. The van der Waals surface area contributed by atoms with Crippen LogP contribution in [-0.2, 0) is 6.42 Å². The van der Waals surface area contributed by atoms with Gasteiger partial charge in [0.15, 0.2) is 0 Å². The van der Waals surface area contributed by atoms with Gasteiger partial charge in [0, 0.05) is 53.4 Å². The fourth-order valence-corrected chi connectivity index (χ4v) is 8.64. The van der Waals surface area contributed by atoms with Crippen molar-refractivity contribution < 1.29 is 0 Å². The summed E-state index contributed by atoms with van der Waals surface area (Å²) in [6, 6.07) is 49.3. The van der Waals surface area contributed by atoms with E-state index < -0.39 is 0 Å². The quantitative estimate of drug-likeness (QED) is 0.193. The molecule has 2 nitrogen and oxygen atoms in total. The van der Waals surface area contributed by atoms with Crippen molar-refractivity contribution in [3.05, 3.63) is 151 Å². The van der Waals surface area contributed by atoms with Crippen LogP contribution in [0.2, 0.25) is 0 Å². The molecule has 0 amide bonds. The van der Waals surface area contributed by atoms with E-state index in [-0.39, 0.29) is 0 Å². The zero-order valence-corrected chi connectivity index (χ0v) is 25.4. The van der Waals surface area contributed by atoms with Crippen molar-refractivity contribution in [3.8, 4) is 22.5 Å². The number of aromatic nitrogens is 2. The van der Waals surface area contributed by atoms with Crippen LogP contribution >= 0.6 is 11.3 Å². The Morgan fingerprint density at radius 2 is 1.20 bits per heavy atom. The Morgan fingerprint density at radius 1 is 0.467 bits per heavy atom. The fraction of sp³-hybridized carbons (Fsp3) is 0.0476. The molecule has 0 bridgehead atoms. The smallest absolute Gasteiger partial charge is 0.0547 e. The Balaban J connectivity index is 1.19. The lowest BCUT2D eigenvalue weighted by Gasteiger charge is -2.11. The Labute approximate surface area is 264 Å². The molecule has 9 aromatic rings. The normalized spacial score (nSPS) is 13.1. The van der Waals surface area contributed by atoms with Gasteiger partial charge in [-0.1, -0.05) is 78.9 Å². The zero-order chi connectivity index (χ0) is 29.5. The molecule has 3 heterocycles. The van der Waals surface area contributed by atoms with Gasteiger partial charge in [0.1, 0.15) is 0 Å². The van der Waals surface area contributed by atoms with Crippen molar-refractivity contribution in [2.75, 3.05) is 0 Å². The fourth-order valence-electron chi connectivity index (χ4n) is 7.55. The summed E-state index contributed by atoms with van der Waals surface area (Å²) in [7, 11) is 0. The van der Waals surface area contributed by atoms with E-state index in [9.17, 15) is 0 Å². The highest BCUT2D eigenvalue weighted by molar-refractivity contribution is 7.25. The Hall–Kier alpha value is -5.38. The van der Waals surface area contributed by atoms with Crippen LogP contribution in [0.15, 0.2) is 140 Å². The highest BCUT2D eigenvalue weighted by Gasteiger charge is 2.20. The van der Waals surface area contributed by atoms with E-state index in [0.29, 0.717) is 0 Å². The predicted molar refractivity (Wildman–Crippen MR) is 193 cm³/mol. The summed E-state index contributed by atoms with van der Waals surface area (Å²) < 4.78 is 7.55. The van der Waals surface area contributed by atoms with Crippen LogP contribution in [0.25, 0.3) is 81.5 Å². The SMILES string of the molecule is C1=Cc2c(c3cc(-c4ccc5c6ccccc6n(-c6ccc7sc8ccccc8c7c6)c5c4)ccc3n2-c2ccccc2)CC1. The third-order valence-electron chi connectivity index (χ3n) is 9.59. The van der Waals surface area contributed by atoms with Crippen LogP contribution in [0, 0.1) is 0 Å². The van der Waals surface area contributed by atoms with Gasteiger partial charge in [-0.3, -0.25) is 0 Å². The van der Waals surface area contributed by atoms with E-state index >= 15 is 0 Å². The van der Waals surface area contributed by atoms with Crippen molar-refractivity contribution in [2.45, 2.75) is 12.8 Å². The van der Waals surface area contributed by atoms with Crippen LogP contribution in [0.1, 0.15) is 17.7 Å². The molecule has 0 aliphatic heterocycles. The van der Waals surface area contributed by atoms with Gasteiger partial charge in [-0.25, -0.2) is 0 Å². The van der Waals surface area contributed by atoms with E-state index in [4.69, 9.17) is 0 Å². The van der Waals surface area contributed by atoms with Crippen molar-refractivity contribution >= 4 is 70.3 Å². The first-order valence-corrected chi connectivity index (χ1v) is 16.5. The lowest BCUT2D eigenvalue weighted by atomic mass is 9.97. The van der Waals surface area contributed by atoms with Crippen LogP contribution < -0.4 is 0 Å². The number of thiophene rings is 1. The van der Waals surface area contributed by atoms with E-state index in [1.807, 2.05) is 11.3 Å². The average Bonchev–Trinajstić information content (AvgIpc) is 3.75. The van der Waals surface area contributed by atoms with Crippen molar-refractivity contribution in [2.24, 2.45) is 0 Å². The molecule has 0 atom stereocenters. The molecule has 0 fully saturated rings. The summed E-state index contributed by atoms with van der Waals surface area (Å²) >= 11 is 1.87. The van der Waals surface area contributed by atoms with Crippen LogP contribution in [0.5, 0.6) is 0 Å². The third kappa shape index (κ3) is 3.68. The average molecular weight is 593 g/mol. The summed E-state index contributed by atoms with van der Waals surface area (Å²) in [6.45, 7) is 0. The molecule has 6 aromatic carbocycles. The highest BCUT2D eigenvalue weighted by atomic mass is 32.1. The number of rotatable bonds is 3. The van der Waals surface area contributed by atoms with Crippen molar-refractivity contribution in [1.29, 1.82) is 0 Å². The predicted octanol–water partition coefficient (Wildman–Crippen LogP) is 11.7. The number of para-hydroxylation sites is 2. The van der Waals surface area contributed by atoms with Crippen molar-refractivity contribution in [3.63, 3.8) is 0 Å². The van der Waals surface area contributed by atoms with Gasteiger partial charge >= 0.3 is 0 Å². The molecular weight excluding hydrogens is 565 g/mol. The molecule has 10 rings (SSSR count). The number of hydrogen-bond acceptors (Lipinski definition) is 1. The minimum atomic E-state index is 1.07. The van der Waals surface area contributed by atoms with Gasteiger partial charge in [0.2, 0.25) is 0 Å². The molecule has 3 heteroatoms. The van der Waals surface area contributed by atoms with Crippen molar-refractivity contribution in [1.82, 2.24) is 9.13 Å². The number of hydrogen-bond donors (Lipinski definition) is 0. The Morgan fingerprint density at radius 3 is 2.13 bits per heavy atom. The highest BCUT2D eigenvalue weighted by Crippen LogP contribution is 2.40. The molecule has 212 valence electrons. The molecule has 45 heavy (non-hydrogen) atoms. The topological polar surface area (TPSA) is 9.86 Å². The van der Waals surface area contributed by atoms with Gasteiger partial charge in [-0.15, -0.1) is 11.3 Å². The minimum Gasteiger partial charge on any atom is -0.310 e. The molecule has 0 spiro atoms. The molecule has 0 N–H and O–H groups in total. The van der Waals surface area contributed by atoms with E-state index in [2.05, 4.69) is 155 Å². The molecular formula is C42H28N2S. The summed E-state index contributed by atoms with van der Waals surface area (Å²) in [6.07, 6.45) is 6.77. The lowest BCUT2D eigenvalue weighted by molar-refractivity contribution is 0.967. The second-order valence-corrected chi connectivity index (χ2v) is 13.2. The first-order valence-electron chi connectivity index (χ1n) is 15.7. The summed E-state index contributed by atoms with van der Waals surface area (Å²) in [5, 5.41) is 6.57. The van der Waals surface area contributed by atoms with Crippen LogP contribution in [-0.4, -0.2) is 9.13 Å². The minimum absolute atomic E-state index is 1.07. The molecule has 3 aromatic heterocycles. The second kappa shape index (κ2) is 9.56. The van der Waals surface area contributed by atoms with Gasteiger partial charge in [0.25, 0.3) is 0 Å². The monoisotopic (exact) mass is 592 g/mol. The zero-order valence-electron chi connectivity index (χ0n) is 24.6. The van der Waals surface area contributed by atoms with Crippen LogP contribution in [0.4, 0.5) is 0 Å². The summed E-state index contributed by atoms with van der Waals surface area (Å²) in [4.78, 5) is 0. The first kappa shape index (κ1) is 25.0. The third-order valence-corrected chi connectivity index (χ3v) is 10.7. The lowest BCUT2D eigenvalue weighted by Crippen LogP contribution is -1.99. The molecule has 0 saturated carbocycles. The Bertz CT molecular complexity index is 2650. The number of benzene rings is 6. The number of nitrogens with zero attached hydrogens (tertiary/aromatic N) is 2. The number of aryl methyl sites for hydroxylation is 1. The first-order chi connectivity index (χ1) is 22.3. The van der Waals surface area contributed by atoms with E-state index in [1.165, 1.54) is 86.6 Å². The van der Waals surface area contributed by atoms with Crippen LogP contribution in [0.3, 0.4) is 0 Å². The van der Waals surface area contributed by atoms with Gasteiger partial charge in [-0.2, -0.15) is 0 Å². The maximum Gasteiger partial charge on any atom is 0.0547 e. The second-order valence-electron chi connectivity index (χ2n) is 12.1. The van der Waals surface area contributed by atoms with E-state index in [0.717, 1.165) is 12.8 Å². The number of fused-ring (bicyclic) bond motifs is 9. The van der Waals surface area contributed by atoms with Gasteiger partial charge in [0.05, 0.1) is 16.6 Å². The van der Waals surface area contributed by atoms with E-state index in [1.54, 1.807) is 0 Å². The largest absolute Gasteiger partial charge is 0.310 e. The Kier molecular flexibility index (Phi) is 5.31. The van der Waals surface area contributed by atoms with Gasteiger partial charge in [-0.05, 0) is 96.3 Å². The molecule has 0 saturated heterocycles.